The molecule has 0 unspecified atom stereocenters. The Morgan fingerprint density at radius 3 is 2.92 bits per heavy atom. The molecule has 0 radical (unpaired) electrons. The summed E-state index contributed by atoms with van der Waals surface area (Å²) in [5.41, 5.74) is 1.73. The highest BCUT2D eigenvalue weighted by Crippen LogP contribution is 2.27. The molecule has 0 fully saturated rings. The maximum absolute atomic E-state index is 12.4. The molecule has 134 valence electrons. The molecule has 3 rings (SSSR count). The van der Waals surface area contributed by atoms with Gasteiger partial charge in [-0.3, -0.25) is 14.9 Å². The lowest BCUT2D eigenvalue weighted by Gasteiger charge is -2.06. The predicted octanol–water partition coefficient (Wildman–Crippen LogP) is 4.18. The zero-order valence-corrected chi connectivity index (χ0v) is 16.5. The maximum atomic E-state index is 12.4. The van der Waals surface area contributed by atoms with E-state index in [0.717, 1.165) is 28.6 Å². The number of hydrogen-bond acceptors (Lipinski definition) is 5. The Labute approximate surface area is 163 Å². The topological polar surface area (TPSA) is 76.9 Å². The Bertz CT molecular complexity index is 983. The number of amides is 1. The molecule has 0 aliphatic carbocycles. The van der Waals surface area contributed by atoms with Gasteiger partial charge in [0.2, 0.25) is 0 Å². The van der Waals surface area contributed by atoms with Gasteiger partial charge in [-0.1, -0.05) is 41.4 Å². The highest BCUT2D eigenvalue weighted by molar-refractivity contribution is 9.10. The first-order valence-corrected chi connectivity index (χ1v) is 9.85. The summed E-state index contributed by atoms with van der Waals surface area (Å²) in [7, 11) is 0. The zero-order chi connectivity index (χ0) is 18.5. The van der Waals surface area contributed by atoms with Crippen molar-refractivity contribution in [1.29, 1.82) is 0 Å². The molecule has 2 aromatic heterocycles. The van der Waals surface area contributed by atoms with Gasteiger partial charge in [0, 0.05) is 28.0 Å². The second-order valence-electron chi connectivity index (χ2n) is 5.64. The maximum Gasteiger partial charge on any atom is 0.277 e. The summed E-state index contributed by atoms with van der Waals surface area (Å²) in [5, 5.41) is 9.26. The van der Waals surface area contributed by atoms with Crippen molar-refractivity contribution in [2.45, 2.75) is 26.3 Å². The first-order chi connectivity index (χ1) is 12.6. The zero-order valence-electron chi connectivity index (χ0n) is 14.1. The molecule has 0 spiro atoms. The fraction of sp³-hybridized carbons (Fsp3) is 0.222. The van der Waals surface area contributed by atoms with Crippen LogP contribution in [0.15, 0.2) is 51.0 Å². The van der Waals surface area contributed by atoms with Crippen molar-refractivity contribution in [1.82, 2.24) is 14.8 Å². The smallest absolute Gasteiger partial charge is 0.277 e. The fourth-order valence-corrected chi connectivity index (χ4v) is 3.42. The third-order valence-electron chi connectivity index (χ3n) is 3.67. The summed E-state index contributed by atoms with van der Waals surface area (Å²) in [4.78, 5) is 28.7. The standard InChI is InChI=1S/C18H17BrN4O2S/c1-2-3-9-23-16(24)8-7-14(22-23)17(25)21-18-20-15(11-26-18)12-5-4-6-13(19)10-12/h4-8,10-11H,2-3,9H2,1H3,(H,20,21,25). The summed E-state index contributed by atoms with van der Waals surface area (Å²) in [6, 6.07) is 10.6. The fourth-order valence-electron chi connectivity index (χ4n) is 2.31. The first kappa shape index (κ1) is 18.5. The summed E-state index contributed by atoms with van der Waals surface area (Å²) >= 11 is 4.78. The SMILES string of the molecule is CCCCn1nc(C(=O)Nc2nc(-c3cccc(Br)c3)cs2)ccc1=O. The van der Waals surface area contributed by atoms with Crippen molar-refractivity contribution < 1.29 is 4.79 Å². The molecule has 0 atom stereocenters. The quantitative estimate of drug-likeness (QED) is 0.633. The second kappa shape index (κ2) is 8.37. The van der Waals surface area contributed by atoms with Gasteiger partial charge in [0.25, 0.3) is 11.5 Å². The van der Waals surface area contributed by atoms with Crippen molar-refractivity contribution in [2.24, 2.45) is 0 Å². The van der Waals surface area contributed by atoms with Crippen LogP contribution in [0.3, 0.4) is 0 Å². The molecule has 0 aliphatic heterocycles. The van der Waals surface area contributed by atoms with Crippen LogP contribution in [-0.2, 0) is 6.54 Å². The molecule has 26 heavy (non-hydrogen) atoms. The number of hydrogen-bond donors (Lipinski definition) is 1. The molecule has 1 N–H and O–H groups in total. The van der Waals surface area contributed by atoms with E-state index < -0.39 is 0 Å². The third-order valence-corrected chi connectivity index (χ3v) is 4.92. The van der Waals surface area contributed by atoms with E-state index in [9.17, 15) is 9.59 Å². The van der Waals surface area contributed by atoms with Gasteiger partial charge in [0.05, 0.1) is 5.69 Å². The number of rotatable bonds is 6. The molecule has 0 bridgehead atoms. The number of thiazole rings is 1. The number of halogens is 1. The predicted molar refractivity (Wildman–Crippen MR) is 107 cm³/mol. The number of benzene rings is 1. The van der Waals surface area contributed by atoms with Gasteiger partial charge in [0.1, 0.15) is 5.69 Å². The van der Waals surface area contributed by atoms with E-state index in [1.165, 1.54) is 28.2 Å². The molecular weight excluding hydrogens is 416 g/mol. The normalized spacial score (nSPS) is 10.7. The van der Waals surface area contributed by atoms with Gasteiger partial charge >= 0.3 is 0 Å². The largest absolute Gasteiger partial charge is 0.296 e. The Kier molecular flexibility index (Phi) is 5.95. The van der Waals surface area contributed by atoms with Crippen LogP contribution in [0.25, 0.3) is 11.3 Å². The molecule has 3 aromatic rings. The minimum Gasteiger partial charge on any atom is -0.296 e. The van der Waals surface area contributed by atoms with E-state index >= 15 is 0 Å². The van der Waals surface area contributed by atoms with Gasteiger partial charge in [-0.15, -0.1) is 11.3 Å². The third kappa shape index (κ3) is 4.44. The molecule has 1 amide bonds. The lowest BCUT2D eigenvalue weighted by atomic mass is 10.2. The number of aromatic nitrogens is 3. The molecule has 0 saturated heterocycles. The molecule has 6 nitrogen and oxygen atoms in total. The summed E-state index contributed by atoms with van der Waals surface area (Å²) in [6.07, 6.45) is 1.78. The van der Waals surface area contributed by atoms with Gasteiger partial charge in [-0.25, -0.2) is 9.67 Å². The highest BCUT2D eigenvalue weighted by Gasteiger charge is 2.13. The van der Waals surface area contributed by atoms with Gasteiger partial charge < -0.3 is 0 Å². The van der Waals surface area contributed by atoms with Crippen molar-refractivity contribution in [3.63, 3.8) is 0 Å². The van der Waals surface area contributed by atoms with Gasteiger partial charge in [0.15, 0.2) is 5.13 Å². The minimum atomic E-state index is -0.384. The van der Waals surface area contributed by atoms with Crippen LogP contribution in [-0.4, -0.2) is 20.7 Å². The number of aryl methyl sites for hydroxylation is 1. The van der Waals surface area contributed by atoms with Gasteiger partial charge in [-0.2, -0.15) is 5.10 Å². The van der Waals surface area contributed by atoms with E-state index in [-0.39, 0.29) is 17.2 Å². The Morgan fingerprint density at radius 1 is 1.31 bits per heavy atom. The molecular formula is C18H17BrN4O2S. The number of unbranched alkanes of at least 4 members (excludes halogenated alkanes) is 1. The molecule has 0 aliphatic rings. The molecule has 0 saturated carbocycles. The number of anilines is 1. The van der Waals surface area contributed by atoms with Crippen molar-refractivity contribution in [3.8, 4) is 11.3 Å². The molecule has 2 heterocycles. The second-order valence-corrected chi connectivity index (χ2v) is 7.41. The Hall–Kier alpha value is -2.32. The van der Waals surface area contributed by atoms with Crippen molar-refractivity contribution in [2.75, 3.05) is 5.32 Å². The van der Waals surface area contributed by atoms with Crippen molar-refractivity contribution in [3.05, 3.63) is 62.3 Å². The van der Waals surface area contributed by atoms with Crippen LogP contribution in [0.5, 0.6) is 0 Å². The van der Waals surface area contributed by atoms with E-state index in [4.69, 9.17) is 0 Å². The summed E-state index contributed by atoms with van der Waals surface area (Å²) in [6.45, 7) is 2.54. The van der Waals surface area contributed by atoms with Crippen LogP contribution in [0.1, 0.15) is 30.3 Å². The molecule has 8 heteroatoms. The van der Waals surface area contributed by atoms with Crippen molar-refractivity contribution >= 4 is 38.3 Å². The van der Waals surface area contributed by atoms with Gasteiger partial charge in [-0.05, 0) is 24.6 Å². The van der Waals surface area contributed by atoms with Crippen LogP contribution >= 0.6 is 27.3 Å². The average molecular weight is 433 g/mol. The highest BCUT2D eigenvalue weighted by atomic mass is 79.9. The van der Waals surface area contributed by atoms with E-state index in [1.807, 2.05) is 36.6 Å². The lowest BCUT2D eigenvalue weighted by molar-refractivity contribution is 0.101. The van der Waals surface area contributed by atoms with E-state index in [2.05, 4.69) is 31.3 Å². The minimum absolute atomic E-state index is 0.194. The Morgan fingerprint density at radius 2 is 2.15 bits per heavy atom. The van der Waals surface area contributed by atoms with E-state index in [0.29, 0.717) is 11.7 Å². The Balaban J connectivity index is 1.75. The number of carbonyl (C=O) groups excluding carboxylic acids is 1. The monoisotopic (exact) mass is 432 g/mol. The van der Waals surface area contributed by atoms with Crippen LogP contribution in [0, 0.1) is 0 Å². The van der Waals surface area contributed by atoms with Crippen LogP contribution in [0.2, 0.25) is 0 Å². The number of nitrogens with one attached hydrogen (secondary N) is 1. The van der Waals surface area contributed by atoms with E-state index in [1.54, 1.807) is 0 Å². The lowest BCUT2D eigenvalue weighted by Crippen LogP contribution is -2.26. The number of nitrogens with zero attached hydrogens (tertiary/aromatic N) is 3. The first-order valence-electron chi connectivity index (χ1n) is 8.18. The van der Waals surface area contributed by atoms with Crippen LogP contribution < -0.4 is 10.9 Å². The van der Waals surface area contributed by atoms with Crippen LogP contribution in [0.4, 0.5) is 5.13 Å². The summed E-state index contributed by atoms with van der Waals surface area (Å²) < 4.78 is 2.29. The molecule has 1 aromatic carbocycles. The average Bonchev–Trinajstić information content (AvgIpc) is 3.09. The number of carbonyl (C=O) groups is 1. The summed E-state index contributed by atoms with van der Waals surface area (Å²) in [5.74, 6) is -0.384.